The summed E-state index contributed by atoms with van der Waals surface area (Å²) in [4.78, 5) is 13.1. The van der Waals surface area contributed by atoms with Crippen LogP contribution in [0.25, 0.3) is 22.0 Å². The SMILES string of the molecule is O=C(NCC(O)CCCO)c1cc2ccc(-c3ccc(F)cc3)cc2n1Cc1ccc(F)cc1. The molecular weight excluding hydrogens is 438 g/mol. The van der Waals surface area contributed by atoms with Crippen molar-refractivity contribution in [2.24, 2.45) is 0 Å². The van der Waals surface area contributed by atoms with Crippen molar-refractivity contribution in [1.29, 1.82) is 0 Å². The highest BCUT2D eigenvalue weighted by molar-refractivity contribution is 5.99. The molecule has 3 aromatic carbocycles. The summed E-state index contributed by atoms with van der Waals surface area (Å²) in [6, 6.07) is 19.8. The average molecular weight is 465 g/mol. The maximum Gasteiger partial charge on any atom is 0.268 e. The Morgan fingerprint density at radius 3 is 2.24 bits per heavy atom. The molecule has 3 N–H and O–H groups in total. The Labute approximate surface area is 196 Å². The molecular formula is C27H26F2N2O3. The molecule has 0 aliphatic rings. The zero-order valence-corrected chi connectivity index (χ0v) is 18.5. The fourth-order valence-corrected chi connectivity index (χ4v) is 3.94. The van der Waals surface area contributed by atoms with E-state index in [9.17, 15) is 18.7 Å². The minimum atomic E-state index is -0.754. The van der Waals surface area contributed by atoms with E-state index in [1.54, 1.807) is 30.3 Å². The molecule has 0 saturated heterocycles. The number of halogens is 2. The van der Waals surface area contributed by atoms with Crippen molar-refractivity contribution in [2.45, 2.75) is 25.5 Å². The monoisotopic (exact) mass is 464 g/mol. The van der Waals surface area contributed by atoms with E-state index in [1.165, 1.54) is 24.3 Å². The Morgan fingerprint density at radius 2 is 1.56 bits per heavy atom. The molecule has 7 heteroatoms. The van der Waals surface area contributed by atoms with Gasteiger partial charge in [0, 0.05) is 30.6 Å². The Hall–Kier alpha value is -3.55. The van der Waals surface area contributed by atoms with Gasteiger partial charge < -0.3 is 20.1 Å². The molecule has 1 atom stereocenters. The summed E-state index contributed by atoms with van der Waals surface area (Å²) in [5, 5.41) is 22.6. The number of fused-ring (bicyclic) bond motifs is 1. The predicted molar refractivity (Wildman–Crippen MR) is 127 cm³/mol. The molecule has 176 valence electrons. The number of nitrogens with one attached hydrogen (secondary N) is 1. The number of hydrogen-bond donors (Lipinski definition) is 3. The van der Waals surface area contributed by atoms with Crippen LogP contribution in [-0.4, -0.2) is 39.9 Å². The zero-order chi connectivity index (χ0) is 24.1. The van der Waals surface area contributed by atoms with Crippen LogP contribution in [0.1, 0.15) is 28.9 Å². The highest BCUT2D eigenvalue weighted by Gasteiger charge is 2.18. The molecule has 0 radical (unpaired) electrons. The highest BCUT2D eigenvalue weighted by atomic mass is 19.1. The average Bonchev–Trinajstić information content (AvgIpc) is 3.20. The third-order valence-corrected chi connectivity index (χ3v) is 5.76. The first-order chi connectivity index (χ1) is 16.4. The predicted octanol–water partition coefficient (Wildman–Crippen LogP) is 4.50. The number of aromatic nitrogens is 1. The number of hydrogen-bond acceptors (Lipinski definition) is 3. The summed E-state index contributed by atoms with van der Waals surface area (Å²) < 4.78 is 28.6. The molecule has 0 aliphatic heterocycles. The fraction of sp³-hybridized carbons (Fsp3) is 0.222. The van der Waals surface area contributed by atoms with E-state index in [4.69, 9.17) is 5.11 Å². The first-order valence-electron chi connectivity index (χ1n) is 11.2. The molecule has 4 rings (SSSR count). The van der Waals surface area contributed by atoms with Crippen LogP contribution in [0.4, 0.5) is 8.78 Å². The number of aliphatic hydroxyl groups excluding tert-OH is 2. The largest absolute Gasteiger partial charge is 0.396 e. The van der Waals surface area contributed by atoms with Crippen LogP contribution in [0.2, 0.25) is 0 Å². The molecule has 0 aliphatic carbocycles. The van der Waals surface area contributed by atoms with E-state index in [1.807, 2.05) is 22.8 Å². The topological polar surface area (TPSA) is 74.5 Å². The number of aliphatic hydroxyl groups is 2. The summed E-state index contributed by atoms with van der Waals surface area (Å²) >= 11 is 0. The van der Waals surface area contributed by atoms with Gasteiger partial charge in [-0.2, -0.15) is 0 Å². The van der Waals surface area contributed by atoms with Gasteiger partial charge >= 0.3 is 0 Å². The van der Waals surface area contributed by atoms with Crippen molar-refractivity contribution in [3.8, 4) is 11.1 Å². The minimum absolute atomic E-state index is 0.0205. The van der Waals surface area contributed by atoms with Crippen molar-refractivity contribution < 1.29 is 23.8 Å². The molecule has 4 aromatic rings. The van der Waals surface area contributed by atoms with Gasteiger partial charge in [-0.05, 0) is 65.9 Å². The van der Waals surface area contributed by atoms with E-state index in [-0.39, 0.29) is 30.7 Å². The molecule has 34 heavy (non-hydrogen) atoms. The van der Waals surface area contributed by atoms with Gasteiger partial charge in [-0.15, -0.1) is 0 Å². The van der Waals surface area contributed by atoms with Gasteiger partial charge in [0.05, 0.1) is 6.10 Å². The summed E-state index contributed by atoms with van der Waals surface area (Å²) in [6.07, 6.45) is 0.0841. The molecule has 1 heterocycles. The van der Waals surface area contributed by atoms with Crippen molar-refractivity contribution in [3.05, 3.63) is 95.7 Å². The zero-order valence-electron chi connectivity index (χ0n) is 18.5. The second kappa shape index (κ2) is 10.6. The normalized spacial score (nSPS) is 12.1. The van der Waals surface area contributed by atoms with E-state index in [2.05, 4.69) is 5.32 Å². The van der Waals surface area contributed by atoms with Crippen LogP contribution < -0.4 is 5.32 Å². The Balaban J connectivity index is 1.70. The molecule has 1 unspecified atom stereocenters. The Morgan fingerprint density at radius 1 is 0.912 bits per heavy atom. The molecule has 1 amide bonds. The molecule has 1 aromatic heterocycles. The molecule has 0 bridgehead atoms. The van der Waals surface area contributed by atoms with Crippen LogP contribution in [-0.2, 0) is 6.54 Å². The summed E-state index contributed by atoms with van der Waals surface area (Å²) in [7, 11) is 0. The molecule has 0 saturated carbocycles. The maximum atomic E-state index is 13.4. The number of benzene rings is 3. The van der Waals surface area contributed by atoms with Crippen LogP contribution in [0.15, 0.2) is 72.8 Å². The van der Waals surface area contributed by atoms with Crippen molar-refractivity contribution in [1.82, 2.24) is 9.88 Å². The molecule has 5 nitrogen and oxygen atoms in total. The van der Waals surface area contributed by atoms with Gasteiger partial charge in [0.25, 0.3) is 5.91 Å². The van der Waals surface area contributed by atoms with Gasteiger partial charge in [0.1, 0.15) is 17.3 Å². The summed E-state index contributed by atoms with van der Waals surface area (Å²) in [6.45, 7) is 0.386. The van der Waals surface area contributed by atoms with E-state index in [0.29, 0.717) is 25.1 Å². The van der Waals surface area contributed by atoms with Gasteiger partial charge in [0.2, 0.25) is 0 Å². The Kier molecular flexibility index (Phi) is 7.35. The lowest BCUT2D eigenvalue weighted by atomic mass is 10.0. The van der Waals surface area contributed by atoms with Gasteiger partial charge in [-0.3, -0.25) is 4.79 Å². The van der Waals surface area contributed by atoms with Crippen molar-refractivity contribution >= 4 is 16.8 Å². The number of carbonyl (C=O) groups is 1. The Bertz CT molecular complexity index is 1270. The number of amides is 1. The molecule has 0 spiro atoms. The van der Waals surface area contributed by atoms with E-state index in [0.717, 1.165) is 27.6 Å². The van der Waals surface area contributed by atoms with Crippen LogP contribution >= 0.6 is 0 Å². The minimum Gasteiger partial charge on any atom is -0.396 e. The van der Waals surface area contributed by atoms with Gasteiger partial charge in [-0.25, -0.2) is 8.78 Å². The van der Waals surface area contributed by atoms with Crippen LogP contribution in [0.3, 0.4) is 0 Å². The lowest BCUT2D eigenvalue weighted by molar-refractivity contribution is 0.0896. The van der Waals surface area contributed by atoms with Crippen molar-refractivity contribution in [2.75, 3.05) is 13.2 Å². The quantitative estimate of drug-likeness (QED) is 0.342. The molecule has 0 fully saturated rings. The number of nitrogens with zero attached hydrogens (tertiary/aromatic N) is 1. The highest BCUT2D eigenvalue weighted by Crippen LogP contribution is 2.28. The fourth-order valence-electron chi connectivity index (χ4n) is 3.94. The van der Waals surface area contributed by atoms with Gasteiger partial charge in [0.15, 0.2) is 0 Å². The third-order valence-electron chi connectivity index (χ3n) is 5.76. The van der Waals surface area contributed by atoms with Crippen LogP contribution in [0.5, 0.6) is 0 Å². The number of carbonyl (C=O) groups excluding carboxylic acids is 1. The first kappa shape index (κ1) is 23.6. The van der Waals surface area contributed by atoms with Crippen LogP contribution in [0, 0.1) is 11.6 Å². The third kappa shape index (κ3) is 5.50. The second-order valence-electron chi connectivity index (χ2n) is 8.25. The second-order valence-corrected chi connectivity index (χ2v) is 8.25. The smallest absolute Gasteiger partial charge is 0.268 e. The standard InChI is InChI=1S/C27H26F2N2O3/c28-22-9-3-18(4-10-22)17-31-25-14-20(19-7-11-23(29)12-8-19)5-6-21(25)15-26(31)27(34)30-16-24(33)2-1-13-32/h3-12,14-15,24,32-33H,1-2,13,16-17H2,(H,30,34). The number of rotatable bonds is 9. The van der Waals surface area contributed by atoms with Gasteiger partial charge in [-0.1, -0.05) is 36.4 Å². The summed E-state index contributed by atoms with van der Waals surface area (Å²) in [5.41, 5.74) is 3.75. The lowest BCUT2D eigenvalue weighted by Gasteiger charge is -2.14. The maximum absolute atomic E-state index is 13.4. The summed E-state index contributed by atoms with van der Waals surface area (Å²) in [5.74, 6) is -0.996. The van der Waals surface area contributed by atoms with E-state index < -0.39 is 6.10 Å². The lowest BCUT2D eigenvalue weighted by Crippen LogP contribution is -2.33. The van der Waals surface area contributed by atoms with E-state index >= 15 is 0 Å². The van der Waals surface area contributed by atoms with Crippen molar-refractivity contribution in [3.63, 3.8) is 0 Å². The first-order valence-corrected chi connectivity index (χ1v) is 11.2.